The van der Waals surface area contributed by atoms with Crippen LogP contribution in [0.1, 0.15) is 25.0 Å². The summed E-state index contributed by atoms with van der Waals surface area (Å²) < 4.78 is 12.0. The number of rotatable bonds is 4. The number of hydrogen-bond acceptors (Lipinski definition) is 4. The van der Waals surface area contributed by atoms with E-state index in [1.807, 2.05) is 48.5 Å². The van der Waals surface area contributed by atoms with Crippen LogP contribution in [-0.2, 0) is 19.1 Å². The lowest BCUT2D eigenvalue weighted by atomic mass is 10.2. The molecule has 2 rings (SSSR count). The maximum atomic E-state index is 11.4. The van der Waals surface area contributed by atoms with Gasteiger partial charge in [0.1, 0.15) is 0 Å². The lowest BCUT2D eigenvalue weighted by molar-refractivity contribution is -0.137. The minimum absolute atomic E-state index is 0.129. The predicted molar refractivity (Wildman–Crippen MR) is 116 cm³/mol. The summed E-state index contributed by atoms with van der Waals surface area (Å²) in [6.45, 7) is 2.58. The molecule has 0 heterocycles. The van der Waals surface area contributed by atoms with Gasteiger partial charge in [0.25, 0.3) is 0 Å². The zero-order valence-electron chi connectivity index (χ0n) is 15.2. The first-order chi connectivity index (χ1) is 13.3. The van der Waals surface area contributed by atoms with Crippen molar-refractivity contribution in [3.63, 3.8) is 0 Å². The third kappa shape index (κ3) is 7.18. The van der Waals surface area contributed by atoms with Crippen LogP contribution in [0.25, 0.3) is 12.2 Å². The number of carbonyl (C=O) groups excluding carboxylic acids is 2. The number of benzene rings is 2. The molecule has 6 heteroatoms. The molecule has 0 saturated carbocycles. The van der Waals surface area contributed by atoms with Crippen molar-refractivity contribution in [2.45, 2.75) is 13.8 Å². The zero-order valence-corrected chi connectivity index (χ0v) is 18.3. The first-order valence-corrected chi connectivity index (χ1v) is 9.75. The third-order valence-electron chi connectivity index (χ3n) is 3.20. The fourth-order valence-corrected chi connectivity index (χ4v) is 2.88. The molecule has 2 aromatic rings. The maximum absolute atomic E-state index is 11.4. The molecule has 0 N–H and O–H groups in total. The van der Waals surface area contributed by atoms with E-state index < -0.39 is 11.9 Å². The SMILES string of the molecule is CC(=O)O/C(C#C/C(=C\c1ccccc1Br)OC(C)=O)=C/c1ccccc1Br. The second-order valence-corrected chi connectivity index (χ2v) is 7.21. The van der Waals surface area contributed by atoms with Gasteiger partial charge < -0.3 is 9.47 Å². The average Bonchev–Trinajstić information content (AvgIpc) is 2.62. The van der Waals surface area contributed by atoms with Crippen molar-refractivity contribution in [3.8, 4) is 11.8 Å². The molecule has 0 radical (unpaired) electrons. The van der Waals surface area contributed by atoms with E-state index in [1.54, 1.807) is 12.2 Å². The van der Waals surface area contributed by atoms with E-state index in [9.17, 15) is 9.59 Å². The monoisotopic (exact) mass is 502 g/mol. The molecule has 0 aliphatic heterocycles. The van der Waals surface area contributed by atoms with Crippen molar-refractivity contribution >= 4 is 56.0 Å². The quantitative estimate of drug-likeness (QED) is 0.304. The van der Waals surface area contributed by atoms with Gasteiger partial charge in [-0.3, -0.25) is 9.59 Å². The van der Waals surface area contributed by atoms with E-state index in [2.05, 4.69) is 43.7 Å². The smallest absolute Gasteiger partial charge is 0.308 e. The molecule has 0 saturated heterocycles. The largest absolute Gasteiger partial charge is 0.417 e. The Balaban J connectivity index is 2.45. The summed E-state index contributed by atoms with van der Waals surface area (Å²) in [5.41, 5.74) is 1.58. The average molecular weight is 504 g/mol. The van der Waals surface area contributed by atoms with Crippen LogP contribution in [0.4, 0.5) is 0 Å². The Hall–Kier alpha value is -2.62. The summed E-state index contributed by atoms with van der Waals surface area (Å²) in [5, 5.41) is 0. The van der Waals surface area contributed by atoms with E-state index in [0.717, 1.165) is 20.1 Å². The Morgan fingerprint density at radius 3 is 1.43 bits per heavy atom. The standard InChI is InChI=1S/C22H16Br2O4/c1-15(25)27-19(13-17-7-3-5-9-21(17)23)11-12-20(28-16(2)26)14-18-8-4-6-10-22(18)24/h3-10,13-14H,1-2H3/b19-13+,20-14+. The molecule has 0 unspecified atom stereocenters. The van der Waals surface area contributed by atoms with E-state index in [0.29, 0.717) is 0 Å². The Bertz CT molecular complexity index is 931. The molecule has 2 aromatic carbocycles. The second kappa shape index (κ2) is 10.6. The second-order valence-electron chi connectivity index (χ2n) is 5.50. The topological polar surface area (TPSA) is 52.6 Å². The lowest BCUT2D eigenvalue weighted by Crippen LogP contribution is -1.99. The van der Waals surface area contributed by atoms with Gasteiger partial charge in [0.05, 0.1) is 0 Å². The molecular weight excluding hydrogens is 488 g/mol. The Kier molecular flexibility index (Phi) is 8.24. The van der Waals surface area contributed by atoms with E-state index >= 15 is 0 Å². The number of allylic oxidation sites excluding steroid dienone is 2. The molecule has 4 nitrogen and oxygen atoms in total. The van der Waals surface area contributed by atoms with Gasteiger partial charge in [0, 0.05) is 22.8 Å². The van der Waals surface area contributed by atoms with Gasteiger partial charge in [0.2, 0.25) is 0 Å². The fourth-order valence-electron chi connectivity index (χ4n) is 2.08. The summed E-state index contributed by atoms with van der Waals surface area (Å²) in [6, 6.07) is 14.9. The summed E-state index contributed by atoms with van der Waals surface area (Å²) >= 11 is 6.87. The maximum Gasteiger partial charge on any atom is 0.308 e. The summed E-state index contributed by atoms with van der Waals surface area (Å²) in [5.74, 6) is 4.77. The Morgan fingerprint density at radius 2 is 1.11 bits per heavy atom. The van der Waals surface area contributed by atoms with Crippen LogP contribution in [0.15, 0.2) is 69.0 Å². The van der Waals surface area contributed by atoms with Crippen molar-refractivity contribution < 1.29 is 19.1 Å². The highest BCUT2D eigenvalue weighted by Gasteiger charge is 2.05. The third-order valence-corrected chi connectivity index (χ3v) is 4.64. The Morgan fingerprint density at radius 1 is 0.750 bits per heavy atom. The molecule has 0 aromatic heterocycles. The van der Waals surface area contributed by atoms with Crippen LogP contribution in [0.2, 0.25) is 0 Å². The van der Waals surface area contributed by atoms with Crippen molar-refractivity contribution in [3.05, 3.63) is 80.1 Å². The van der Waals surface area contributed by atoms with Crippen molar-refractivity contribution in [1.82, 2.24) is 0 Å². The Labute approximate surface area is 180 Å². The molecule has 0 aliphatic rings. The fraction of sp³-hybridized carbons (Fsp3) is 0.0909. The van der Waals surface area contributed by atoms with Gasteiger partial charge in [-0.2, -0.15) is 0 Å². The molecule has 0 fully saturated rings. The van der Waals surface area contributed by atoms with Crippen molar-refractivity contribution in [2.75, 3.05) is 0 Å². The lowest BCUT2D eigenvalue weighted by Gasteiger charge is -2.04. The van der Waals surface area contributed by atoms with Crippen LogP contribution in [0, 0.1) is 11.8 Å². The van der Waals surface area contributed by atoms with E-state index in [4.69, 9.17) is 9.47 Å². The van der Waals surface area contributed by atoms with Crippen LogP contribution >= 0.6 is 31.9 Å². The van der Waals surface area contributed by atoms with E-state index in [1.165, 1.54) is 13.8 Å². The zero-order chi connectivity index (χ0) is 20.5. The first-order valence-electron chi connectivity index (χ1n) is 8.16. The van der Waals surface area contributed by atoms with Crippen molar-refractivity contribution in [2.24, 2.45) is 0 Å². The molecule has 28 heavy (non-hydrogen) atoms. The van der Waals surface area contributed by atoms with Crippen LogP contribution in [0.3, 0.4) is 0 Å². The number of ether oxygens (including phenoxy) is 2. The predicted octanol–water partition coefficient (Wildman–Crippen LogP) is 5.72. The molecule has 0 atom stereocenters. The number of esters is 2. The van der Waals surface area contributed by atoms with Crippen LogP contribution in [-0.4, -0.2) is 11.9 Å². The van der Waals surface area contributed by atoms with Gasteiger partial charge in [-0.15, -0.1) is 0 Å². The minimum Gasteiger partial charge on any atom is -0.417 e. The minimum atomic E-state index is -0.503. The summed E-state index contributed by atoms with van der Waals surface area (Å²) in [7, 11) is 0. The highest BCUT2D eigenvalue weighted by atomic mass is 79.9. The highest BCUT2D eigenvalue weighted by Crippen LogP contribution is 2.21. The highest BCUT2D eigenvalue weighted by molar-refractivity contribution is 9.10. The molecule has 0 amide bonds. The number of hydrogen-bond donors (Lipinski definition) is 0. The first kappa shape index (κ1) is 21.7. The molecule has 142 valence electrons. The normalized spacial score (nSPS) is 11.3. The van der Waals surface area contributed by atoms with Gasteiger partial charge in [-0.05, 0) is 47.3 Å². The molecule has 0 bridgehead atoms. The number of carbonyl (C=O) groups is 2. The van der Waals surface area contributed by atoms with Crippen molar-refractivity contribution in [1.29, 1.82) is 0 Å². The van der Waals surface area contributed by atoms with Gasteiger partial charge in [0.15, 0.2) is 11.5 Å². The van der Waals surface area contributed by atoms with Gasteiger partial charge in [-0.25, -0.2) is 0 Å². The van der Waals surface area contributed by atoms with Gasteiger partial charge >= 0.3 is 11.9 Å². The summed E-state index contributed by atoms with van der Waals surface area (Å²) in [4.78, 5) is 22.9. The molecular formula is C22H16Br2O4. The van der Waals surface area contributed by atoms with Crippen LogP contribution < -0.4 is 0 Å². The van der Waals surface area contributed by atoms with Crippen LogP contribution in [0.5, 0.6) is 0 Å². The summed E-state index contributed by atoms with van der Waals surface area (Å²) in [6.07, 6.45) is 3.25. The molecule has 0 spiro atoms. The number of halogens is 2. The molecule has 0 aliphatic carbocycles. The van der Waals surface area contributed by atoms with E-state index in [-0.39, 0.29) is 11.5 Å². The van der Waals surface area contributed by atoms with Gasteiger partial charge in [-0.1, -0.05) is 68.3 Å².